The van der Waals surface area contributed by atoms with Crippen LogP contribution in [-0.4, -0.2) is 67.1 Å². The monoisotopic (exact) mass is 284 g/mol. The van der Waals surface area contributed by atoms with Gasteiger partial charge in [0.2, 0.25) is 5.91 Å². The molecule has 5 nitrogen and oxygen atoms in total. The standard InChI is InChI=1S/C15H32N4O/c1-4-14(5-2)17-15(20)13(3)19-11-9-18(10-12-19)8-6-7-16/h13-14H,4-12,16H2,1-3H3,(H,17,20). The minimum atomic E-state index is -0.0211. The van der Waals surface area contributed by atoms with Gasteiger partial charge in [-0.1, -0.05) is 13.8 Å². The fraction of sp³-hybridized carbons (Fsp3) is 0.933. The fourth-order valence-corrected chi connectivity index (χ4v) is 2.67. The molecule has 1 aliphatic heterocycles. The molecular formula is C15H32N4O. The van der Waals surface area contributed by atoms with Crippen molar-refractivity contribution in [3.63, 3.8) is 0 Å². The van der Waals surface area contributed by atoms with Crippen LogP contribution in [0, 0.1) is 0 Å². The lowest BCUT2D eigenvalue weighted by Gasteiger charge is -2.37. The first-order valence-corrected chi connectivity index (χ1v) is 8.09. The van der Waals surface area contributed by atoms with E-state index in [1.807, 2.05) is 6.92 Å². The van der Waals surface area contributed by atoms with E-state index in [1.54, 1.807) is 0 Å². The Labute approximate surface area is 123 Å². The summed E-state index contributed by atoms with van der Waals surface area (Å²) in [6.07, 6.45) is 3.06. The molecule has 0 aromatic rings. The summed E-state index contributed by atoms with van der Waals surface area (Å²) in [6.45, 7) is 12.1. The molecule has 1 rings (SSSR count). The van der Waals surface area contributed by atoms with Gasteiger partial charge in [-0.2, -0.15) is 0 Å². The highest BCUT2D eigenvalue weighted by atomic mass is 16.2. The lowest BCUT2D eigenvalue weighted by molar-refractivity contribution is -0.127. The van der Waals surface area contributed by atoms with Gasteiger partial charge in [0, 0.05) is 32.2 Å². The number of carbonyl (C=O) groups is 1. The Hall–Kier alpha value is -0.650. The van der Waals surface area contributed by atoms with Crippen molar-refractivity contribution >= 4 is 5.91 Å². The van der Waals surface area contributed by atoms with Crippen molar-refractivity contribution in [3.05, 3.63) is 0 Å². The molecule has 0 radical (unpaired) electrons. The highest BCUT2D eigenvalue weighted by Gasteiger charge is 2.25. The summed E-state index contributed by atoms with van der Waals surface area (Å²) in [6, 6.07) is 0.294. The lowest BCUT2D eigenvalue weighted by Crippen LogP contribution is -2.55. The quantitative estimate of drug-likeness (QED) is 0.687. The largest absolute Gasteiger partial charge is 0.352 e. The zero-order valence-corrected chi connectivity index (χ0v) is 13.4. The third kappa shape index (κ3) is 5.38. The van der Waals surface area contributed by atoms with E-state index in [2.05, 4.69) is 29.0 Å². The maximum absolute atomic E-state index is 12.2. The number of piperazine rings is 1. The van der Waals surface area contributed by atoms with E-state index in [4.69, 9.17) is 5.73 Å². The Morgan fingerprint density at radius 3 is 2.30 bits per heavy atom. The van der Waals surface area contributed by atoms with Crippen molar-refractivity contribution in [2.45, 2.75) is 52.1 Å². The van der Waals surface area contributed by atoms with Crippen LogP contribution in [-0.2, 0) is 4.79 Å². The van der Waals surface area contributed by atoms with Crippen LogP contribution in [0.5, 0.6) is 0 Å². The second-order valence-electron chi connectivity index (χ2n) is 5.72. The summed E-state index contributed by atoms with van der Waals surface area (Å²) in [7, 11) is 0. The fourth-order valence-electron chi connectivity index (χ4n) is 2.67. The molecule has 1 amide bonds. The molecule has 3 N–H and O–H groups in total. The van der Waals surface area contributed by atoms with Gasteiger partial charge in [-0.05, 0) is 39.3 Å². The van der Waals surface area contributed by atoms with Gasteiger partial charge in [-0.3, -0.25) is 9.69 Å². The first-order chi connectivity index (χ1) is 9.62. The van der Waals surface area contributed by atoms with Crippen molar-refractivity contribution in [2.75, 3.05) is 39.3 Å². The van der Waals surface area contributed by atoms with E-state index < -0.39 is 0 Å². The van der Waals surface area contributed by atoms with E-state index in [0.29, 0.717) is 6.04 Å². The van der Waals surface area contributed by atoms with Crippen LogP contribution in [0.2, 0.25) is 0 Å². The zero-order valence-electron chi connectivity index (χ0n) is 13.4. The molecule has 1 aliphatic rings. The molecule has 118 valence electrons. The Morgan fingerprint density at radius 2 is 1.80 bits per heavy atom. The van der Waals surface area contributed by atoms with Crippen LogP contribution in [0.25, 0.3) is 0 Å². The van der Waals surface area contributed by atoms with Crippen molar-refractivity contribution in [2.24, 2.45) is 5.73 Å². The highest BCUT2D eigenvalue weighted by Crippen LogP contribution is 2.08. The molecule has 1 unspecified atom stereocenters. The summed E-state index contributed by atoms with van der Waals surface area (Å²) in [4.78, 5) is 17.0. The zero-order chi connectivity index (χ0) is 15.0. The second-order valence-corrected chi connectivity index (χ2v) is 5.72. The van der Waals surface area contributed by atoms with E-state index in [0.717, 1.165) is 58.5 Å². The van der Waals surface area contributed by atoms with Crippen molar-refractivity contribution < 1.29 is 4.79 Å². The topological polar surface area (TPSA) is 61.6 Å². The minimum absolute atomic E-state index is 0.0211. The van der Waals surface area contributed by atoms with E-state index in [-0.39, 0.29) is 11.9 Å². The number of hydrogen-bond acceptors (Lipinski definition) is 4. The van der Waals surface area contributed by atoms with Crippen molar-refractivity contribution in [3.8, 4) is 0 Å². The lowest BCUT2D eigenvalue weighted by atomic mass is 10.1. The summed E-state index contributed by atoms with van der Waals surface area (Å²) < 4.78 is 0. The predicted octanol–water partition coefficient (Wildman–Crippen LogP) is 0.646. The highest BCUT2D eigenvalue weighted by molar-refractivity contribution is 5.81. The molecule has 1 atom stereocenters. The van der Waals surface area contributed by atoms with Gasteiger partial charge in [0.05, 0.1) is 6.04 Å². The number of nitrogens with one attached hydrogen (secondary N) is 1. The van der Waals surface area contributed by atoms with Crippen molar-refractivity contribution in [1.82, 2.24) is 15.1 Å². The minimum Gasteiger partial charge on any atom is -0.352 e. The number of nitrogens with two attached hydrogens (primary N) is 1. The Kier molecular flexibility index (Phi) is 8.11. The van der Waals surface area contributed by atoms with E-state index >= 15 is 0 Å². The molecule has 0 bridgehead atoms. The van der Waals surface area contributed by atoms with Gasteiger partial charge in [0.25, 0.3) is 0 Å². The van der Waals surface area contributed by atoms with Gasteiger partial charge < -0.3 is 16.0 Å². The maximum Gasteiger partial charge on any atom is 0.237 e. The Morgan fingerprint density at radius 1 is 1.20 bits per heavy atom. The van der Waals surface area contributed by atoms with Crippen LogP contribution >= 0.6 is 0 Å². The summed E-state index contributed by atoms with van der Waals surface area (Å²) in [5.41, 5.74) is 5.54. The third-order valence-corrected chi connectivity index (χ3v) is 4.34. The normalized spacial score (nSPS) is 19.2. The molecule has 0 spiro atoms. The molecule has 0 aliphatic carbocycles. The number of carbonyl (C=O) groups excluding carboxylic acids is 1. The molecule has 1 heterocycles. The number of hydrogen-bond donors (Lipinski definition) is 2. The van der Waals surface area contributed by atoms with Gasteiger partial charge >= 0.3 is 0 Å². The van der Waals surface area contributed by atoms with Gasteiger partial charge in [0.1, 0.15) is 0 Å². The molecular weight excluding hydrogens is 252 g/mol. The predicted molar refractivity (Wildman–Crippen MR) is 83.7 cm³/mol. The average molecular weight is 284 g/mol. The van der Waals surface area contributed by atoms with Gasteiger partial charge in [-0.25, -0.2) is 0 Å². The molecule has 0 saturated carbocycles. The first kappa shape index (κ1) is 17.4. The molecule has 0 aromatic carbocycles. The van der Waals surface area contributed by atoms with Crippen LogP contribution in [0.4, 0.5) is 0 Å². The molecule has 0 aromatic heterocycles. The maximum atomic E-state index is 12.2. The van der Waals surface area contributed by atoms with Gasteiger partial charge in [0.15, 0.2) is 0 Å². The summed E-state index contributed by atoms with van der Waals surface area (Å²) in [5.74, 6) is 0.175. The number of amides is 1. The SMILES string of the molecule is CCC(CC)NC(=O)C(C)N1CCN(CCCN)CC1. The first-order valence-electron chi connectivity index (χ1n) is 8.09. The average Bonchev–Trinajstić information content (AvgIpc) is 2.50. The van der Waals surface area contributed by atoms with E-state index in [9.17, 15) is 4.79 Å². The summed E-state index contributed by atoms with van der Waals surface area (Å²) >= 11 is 0. The molecule has 1 fully saturated rings. The van der Waals surface area contributed by atoms with Crippen molar-refractivity contribution in [1.29, 1.82) is 0 Å². The summed E-state index contributed by atoms with van der Waals surface area (Å²) in [5, 5.41) is 3.15. The van der Waals surface area contributed by atoms with E-state index in [1.165, 1.54) is 0 Å². The smallest absolute Gasteiger partial charge is 0.237 e. The van der Waals surface area contributed by atoms with Crippen LogP contribution < -0.4 is 11.1 Å². The van der Waals surface area contributed by atoms with Crippen LogP contribution in [0.15, 0.2) is 0 Å². The van der Waals surface area contributed by atoms with Crippen LogP contribution in [0.1, 0.15) is 40.0 Å². The molecule has 20 heavy (non-hydrogen) atoms. The third-order valence-electron chi connectivity index (χ3n) is 4.34. The second kappa shape index (κ2) is 9.32. The number of rotatable bonds is 8. The number of nitrogens with zero attached hydrogens (tertiary/aromatic N) is 2. The Bertz CT molecular complexity index is 273. The molecule has 1 saturated heterocycles. The Balaban J connectivity index is 2.34. The molecule has 5 heteroatoms. The van der Waals surface area contributed by atoms with Gasteiger partial charge in [-0.15, -0.1) is 0 Å². The van der Waals surface area contributed by atoms with Crippen LogP contribution in [0.3, 0.4) is 0 Å².